The van der Waals surface area contributed by atoms with Crippen molar-refractivity contribution < 1.29 is 0 Å². The number of aromatic nitrogens is 3. The third-order valence-corrected chi connectivity index (χ3v) is 2.41. The summed E-state index contributed by atoms with van der Waals surface area (Å²) in [5.74, 6) is 0. The monoisotopic (exact) mass is 201 g/mol. The van der Waals surface area contributed by atoms with E-state index in [1.807, 2.05) is 10.9 Å². The lowest BCUT2D eigenvalue weighted by Gasteiger charge is -2.02. The van der Waals surface area contributed by atoms with Crippen molar-refractivity contribution in [3.63, 3.8) is 0 Å². The normalized spacial score (nSPS) is 10.5. The Morgan fingerprint density at radius 2 is 2.27 bits per heavy atom. The van der Waals surface area contributed by atoms with E-state index in [-0.39, 0.29) is 0 Å². The molecule has 0 spiro atoms. The Bertz CT molecular complexity index is 407. The van der Waals surface area contributed by atoms with Crippen molar-refractivity contribution in [1.82, 2.24) is 15.0 Å². The molecule has 2 aromatic rings. The van der Waals surface area contributed by atoms with Gasteiger partial charge in [-0.05, 0) is 25.3 Å². The zero-order chi connectivity index (χ0) is 10.5. The fourth-order valence-corrected chi connectivity index (χ4v) is 1.66. The summed E-state index contributed by atoms with van der Waals surface area (Å²) in [4.78, 5) is 0. The Morgan fingerprint density at radius 1 is 1.33 bits per heavy atom. The molecule has 0 aliphatic rings. The molecule has 0 N–H and O–H groups in total. The van der Waals surface area contributed by atoms with Crippen LogP contribution in [0, 0.1) is 6.92 Å². The highest BCUT2D eigenvalue weighted by Gasteiger charge is 1.95. The summed E-state index contributed by atoms with van der Waals surface area (Å²) < 4.78 is 1.87. The molecule has 1 aromatic heterocycles. The third kappa shape index (κ3) is 2.91. The van der Waals surface area contributed by atoms with Gasteiger partial charge in [0.15, 0.2) is 0 Å². The first-order chi connectivity index (χ1) is 7.34. The number of rotatable bonds is 4. The topological polar surface area (TPSA) is 30.7 Å². The SMILES string of the molecule is Cc1cccc(CCCn2ccnn2)c1. The molecule has 0 fully saturated rings. The van der Waals surface area contributed by atoms with Gasteiger partial charge in [-0.3, -0.25) is 4.68 Å². The first-order valence-electron chi connectivity index (χ1n) is 5.24. The van der Waals surface area contributed by atoms with Crippen molar-refractivity contribution in [2.45, 2.75) is 26.3 Å². The van der Waals surface area contributed by atoms with E-state index in [0.717, 1.165) is 19.4 Å². The van der Waals surface area contributed by atoms with Crippen molar-refractivity contribution in [3.05, 3.63) is 47.8 Å². The van der Waals surface area contributed by atoms with Crippen LogP contribution in [0.2, 0.25) is 0 Å². The van der Waals surface area contributed by atoms with Gasteiger partial charge >= 0.3 is 0 Å². The molecule has 1 aromatic carbocycles. The molecule has 0 aliphatic heterocycles. The maximum absolute atomic E-state index is 3.93. The predicted molar refractivity (Wildman–Crippen MR) is 59.5 cm³/mol. The van der Waals surface area contributed by atoms with E-state index < -0.39 is 0 Å². The summed E-state index contributed by atoms with van der Waals surface area (Å²) in [6, 6.07) is 8.65. The second-order valence-corrected chi connectivity index (χ2v) is 3.76. The Kier molecular flexibility index (Phi) is 3.12. The Labute approximate surface area is 89.7 Å². The standard InChI is InChI=1S/C12H15N3/c1-11-4-2-5-12(10-11)6-3-8-15-9-7-13-14-15/h2,4-5,7,9-10H,3,6,8H2,1H3. The van der Waals surface area contributed by atoms with Gasteiger partial charge in [-0.25, -0.2) is 0 Å². The van der Waals surface area contributed by atoms with E-state index in [9.17, 15) is 0 Å². The van der Waals surface area contributed by atoms with E-state index >= 15 is 0 Å². The average molecular weight is 201 g/mol. The molecular weight excluding hydrogens is 186 g/mol. The quantitative estimate of drug-likeness (QED) is 0.759. The lowest BCUT2D eigenvalue weighted by atomic mass is 10.1. The summed E-state index contributed by atoms with van der Waals surface area (Å²) in [5.41, 5.74) is 2.73. The minimum Gasteiger partial charge on any atom is -0.253 e. The molecular formula is C12H15N3. The number of benzene rings is 1. The van der Waals surface area contributed by atoms with Gasteiger partial charge in [0, 0.05) is 12.7 Å². The van der Waals surface area contributed by atoms with Gasteiger partial charge < -0.3 is 0 Å². The lowest BCUT2D eigenvalue weighted by molar-refractivity contribution is 0.558. The molecule has 0 saturated carbocycles. The number of hydrogen-bond donors (Lipinski definition) is 0. The molecule has 0 amide bonds. The van der Waals surface area contributed by atoms with E-state index in [1.54, 1.807) is 6.20 Å². The van der Waals surface area contributed by atoms with Gasteiger partial charge in [-0.15, -0.1) is 5.10 Å². The number of aryl methyl sites for hydroxylation is 3. The molecule has 0 saturated heterocycles. The molecule has 3 nitrogen and oxygen atoms in total. The summed E-state index contributed by atoms with van der Waals surface area (Å²) in [6.45, 7) is 3.06. The maximum atomic E-state index is 3.93. The minimum absolute atomic E-state index is 0.938. The Balaban J connectivity index is 1.83. The molecule has 0 atom stereocenters. The van der Waals surface area contributed by atoms with Gasteiger partial charge in [0.05, 0.1) is 6.20 Å². The summed E-state index contributed by atoms with van der Waals surface area (Å²) in [7, 11) is 0. The summed E-state index contributed by atoms with van der Waals surface area (Å²) >= 11 is 0. The zero-order valence-corrected chi connectivity index (χ0v) is 8.93. The van der Waals surface area contributed by atoms with Gasteiger partial charge in [-0.1, -0.05) is 35.0 Å². The van der Waals surface area contributed by atoms with Crippen LogP contribution in [0.15, 0.2) is 36.7 Å². The predicted octanol–water partition coefficient (Wildman–Crippen LogP) is 2.22. The molecule has 15 heavy (non-hydrogen) atoms. The first-order valence-corrected chi connectivity index (χ1v) is 5.24. The second kappa shape index (κ2) is 4.73. The molecule has 1 heterocycles. The van der Waals surface area contributed by atoms with Crippen LogP contribution >= 0.6 is 0 Å². The van der Waals surface area contributed by atoms with Crippen LogP contribution in [0.25, 0.3) is 0 Å². The van der Waals surface area contributed by atoms with Crippen LogP contribution in [0.5, 0.6) is 0 Å². The summed E-state index contributed by atoms with van der Waals surface area (Å²) in [5, 5.41) is 7.71. The third-order valence-electron chi connectivity index (χ3n) is 2.41. The van der Waals surface area contributed by atoms with Crippen molar-refractivity contribution in [1.29, 1.82) is 0 Å². The van der Waals surface area contributed by atoms with Gasteiger partial charge in [0.25, 0.3) is 0 Å². The van der Waals surface area contributed by atoms with Crippen molar-refractivity contribution in [3.8, 4) is 0 Å². The van der Waals surface area contributed by atoms with Crippen LogP contribution < -0.4 is 0 Å². The lowest BCUT2D eigenvalue weighted by Crippen LogP contribution is -2.00. The Morgan fingerprint density at radius 3 is 3.00 bits per heavy atom. The maximum Gasteiger partial charge on any atom is 0.0692 e. The number of nitrogens with zero attached hydrogens (tertiary/aromatic N) is 3. The van der Waals surface area contributed by atoms with Crippen molar-refractivity contribution in [2.24, 2.45) is 0 Å². The first kappa shape index (κ1) is 9.90. The van der Waals surface area contributed by atoms with E-state index in [1.165, 1.54) is 11.1 Å². The van der Waals surface area contributed by atoms with Crippen LogP contribution in [-0.4, -0.2) is 15.0 Å². The van der Waals surface area contributed by atoms with E-state index in [2.05, 4.69) is 41.5 Å². The molecule has 3 heteroatoms. The average Bonchev–Trinajstić information content (AvgIpc) is 2.71. The summed E-state index contributed by atoms with van der Waals surface area (Å²) in [6.07, 6.45) is 5.82. The van der Waals surface area contributed by atoms with Gasteiger partial charge in [0.2, 0.25) is 0 Å². The fourth-order valence-electron chi connectivity index (χ4n) is 1.66. The minimum atomic E-state index is 0.938. The van der Waals surface area contributed by atoms with Gasteiger partial charge in [0.1, 0.15) is 0 Å². The highest BCUT2D eigenvalue weighted by molar-refractivity contribution is 5.22. The highest BCUT2D eigenvalue weighted by atomic mass is 15.4. The molecule has 0 radical (unpaired) electrons. The molecule has 0 bridgehead atoms. The fraction of sp³-hybridized carbons (Fsp3) is 0.333. The molecule has 0 unspecified atom stereocenters. The van der Waals surface area contributed by atoms with Crippen LogP contribution in [0.4, 0.5) is 0 Å². The molecule has 0 aliphatic carbocycles. The van der Waals surface area contributed by atoms with E-state index in [4.69, 9.17) is 0 Å². The van der Waals surface area contributed by atoms with Crippen molar-refractivity contribution in [2.75, 3.05) is 0 Å². The van der Waals surface area contributed by atoms with Crippen molar-refractivity contribution >= 4 is 0 Å². The van der Waals surface area contributed by atoms with Crippen LogP contribution in [0.3, 0.4) is 0 Å². The van der Waals surface area contributed by atoms with Crippen LogP contribution in [-0.2, 0) is 13.0 Å². The number of hydrogen-bond acceptors (Lipinski definition) is 2. The highest BCUT2D eigenvalue weighted by Crippen LogP contribution is 2.06. The second-order valence-electron chi connectivity index (χ2n) is 3.76. The molecule has 2 rings (SSSR count). The van der Waals surface area contributed by atoms with Gasteiger partial charge in [-0.2, -0.15) is 0 Å². The zero-order valence-electron chi connectivity index (χ0n) is 8.93. The van der Waals surface area contributed by atoms with E-state index in [0.29, 0.717) is 0 Å². The molecule has 78 valence electrons. The van der Waals surface area contributed by atoms with Crippen LogP contribution in [0.1, 0.15) is 17.5 Å². The smallest absolute Gasteiger partial charge is 0.0692 e. The Hall–Kier alpha value is -1.64. The largest absolute Gasteiger partial charge is 0.253 e.